The number of benzene rings is 1. The predicted molar refractivity (Wildman–Crippen MR) is 86.0 cm³/mol. The summed E-state index contributed by atoms with van der Waals surface area (Å²) < 4.78 is 0. The van der Waals surface area contributed by atoms with Crippen LogP contribution < -0.4 is 5.73 Å². The number of thiophene rings is 1. The van der Waals surface area contributed by atoms with E-state index in [1.807, 2.05) is 23.1 Å². The van der Waals surface area contributed by atoms with Gasteiger partial charge in [-0.15, -0.1) is 11.3 Å². The number of aryl methyl sites for hydroxylation is 2. The highest BCUT2D eigenvalue weighted by Crippen LogP contribution is 2.35. The molecule has 19 heavy (non-hydrogen) atoms. The molecular formula is C16H19NS2. The normalized spacial score (nSPS) is 16.1. The maximum absolute atomic E-state index is 6.42. The zero-order valence-electron chi connectivity index (χ0n) is 11.2. The van der Waals surface area contributed by atoms with Gasteiger partial charge in [-0.05, 0) is 41.4 Å². The first-order chi connectivity index (χ1) is 9.28. The molecule has 1 aliphatic heterocycles. The highest BCUT2D eigenvalue weighted by atomic mass is 32.2. The van der Waals surface area contributed by atoms with Crippen molar-refractivity contribution in [2.24, 2.45) is 5.73 Å². The van der Waals surface area contributed by atoms with Crippen molar-refractivity contribution in [1.82, 2.24) is 0 Å². The van der Waals surface area contributed by atoms with Gasteiger partial charge in [0, 0.05) is 15.5 Å². The molecule has 2 N–H and O–H groups in total. The second kappa shape index (κ2) is 5.70. The zero-order valence-corrected chi connectivity index (χ0v) is 12.8. The molecule has 2 aromatic rings. The minimum atomic E-state index is 0.0338. The molecule has 0 saturated heterocycles. The maximum atomic E-state index is 6.42. The van der Waals surface area contributed by atoms with E-state index in [1.54, 1.807) is 4.88 Å². The van der Waals surface area contributed by atoms with Crippen LogP contribution in [0.15, 0.2) is 30.3 Å². The highest BCUT2D eigenvalue weighted by Gasteiger charge is 2.18. The predicted octanol–water partition coefficient (Wildman–Crippen LogP) is 4.15. The Bertz CT molecular complexity index is 533. The molecule has 1 aromatic heterocycles. The molecule has 0 radical (unpaired) electrons. The molecular weight excluding hydrogens is 270 g/mol. The summed E-state index contributed by atoms with van der Waals surface area (Å²) in [5, 5.41) is 0. The molecule has 1 nitrogen and oxygen atoms in total. The lowest BCUT2D eigenvalue weighted by atomic mass is 10.0. The van der Waals surface area contributed by atoms with Crippen molar-refractivity contribution in [2.75, 3.05) is 5.75 Å². The van der Waals surface area contributed by atoms with E-state index in [1.165, 1.54) is 33.7 Å². The Morgan fingerprint density at radius 2 is 2.05 bits per heavy atom. The van der Waals surface area contributed by atoms with Crippen LogP contribution in [0, 0.1) is 0 Å². The molecule has 1 unspecified atom stereocenters. The van der Waals surface area contributed by atoms with Crippen LogP contribution in [-0.4, -0.2) is 5.75 Å². The molecule has 3 rings (SSSR count). The third-order valence-electron chi connectivity index (χ3n) is 3.70. The van der Waals surface area contributed by atoms with Gasteiger partial charge in [0.1, 0.15) is 0 Å². The second-order valence-corrected chi connectivity index (χ2v) is 7.25. The first-order valence-corrected chi connectivity index (χ1v) is 8.78. The largest absolute Gasteiger partial charge is 0.320 e. The number of nitrogens with two attached hydrogens (primary N) is 1. The van der Waals surface area contributed by atoms with Crippen LogP contribution in [0.2, 0.25) is 0 Å². The van der Waals surface area contributed by atoms with Gasteiger partial charge in [-0.2, -0.15) is 11.8 Å². The number of thioether (sulfide) groups is 1. The molecule has 0 amide bonds. The van der Waals surface area contributed by atoms with Crippen molar-refractivity contribution in [2.45, 2.75) is 31.6 Å². The van der Waals surface area contributed by atoms with Crippen molar-refractivity contribution in [1.29, 1.82) is 0 Å². The monoisotopic (exact) mass is 289 g/mol. The van der Waals surface area contributed by atoms with Crippen LogP contribution in [0.5, 0.6) is 0 Å². The smallest absolute Gasteiger partial charge is 0.0646 e. The van der Waals surface area contributed by atoms with Crippen LogP contribution in [0.1, 0.15) is 39.4 Å². The fourth-order valence-electron chi connectivity index (χ4n) is 2.45. The summed E-state index contributed by atoms with van der Waals surface area (Å²) >= 11 is 3.94. The topological polar surface area (TPSA) is 26.0 Å². The van der Waals surface area contributed by atoms with Crippen molar-refractivity contribution in [3.05, 3.63) is 56.8 Å². The molecule has 0 saturated carbocycles. The minimum Gasteiger partial charge on any atom is -0.320 e. The van der Waals surface area contributed by atoms with E-state index < -0.39 is 0 Å². The molecule has 0 bridgehead atoms. The van der Waals surface area contributed by atoms with Crippen molar-refractivity contribution < 1.29 is 0 Å². The van der Waals surface area contributed by atoms with Gasteiger partial charge in [-0.1, -0.05) is 31.2 Å². The molecule has 0 fully saturated rings. The van der Waals surface area contributed by atoms with Gasteiger partial charge in [0.05, 0.1) is 6.04 Å². The van der Waals surface area contributed by atoms with Gasteiger partial charge in [0.2, 0.25) is 0 Å². The van der Waals surface area contributed by atoms with Crippen LogP contribution in [0.3, 0.4) is 0 Å². The number of fused-ring (bicyclic) bond motifs is 1. The first-order valence-electron chi connectivity index (χ1n) is 6.81. The molecule has 100 valence electrons. The van der Waals surface area contributed by atoms with Gasteiger partial charge >= 0.3 is 0 Å². The van der Waals surface area contributed by atoms with Crippen LogP contribution >= 0.6 is 23.1 Å². The summed E-state index contributed by atoms with van der Waals surface area (Å²) in [6.07, 6.45) is 2.30. The van der Waals surface area contributed by atoms with Crippen molar-refractivity contribution >= 4 is 23.1 Å². The zero-order chi connectivity index (χ0) is 13.2. The fourth-order valence-corrected chi connectivity index (χ4v) is 4.85. The van der Waals surface area contributed by atoms with Gasteiger partial charge in [0.15, 0.2) is 0 Å². The van der Waals surface area contributed by atoms with Crippen molar-refractivity contribution in [3.63, 3.8) is 0 Å². The third-order valence-corrected chi connectivity index (χ3v) is 6.03. The van der Waals surface area contributed by atoms with Crippen LogP contribution in [0.25, 0.3) is 0 Å². The number of rotatable bonds is 3. The minimum absolute atomic E-state index is 0.0338. The molecule has 0 spiro atoms. The Kier molecular flexibility index (Phi) is 3.96. The maximum Gasteiger partial charge on any atom is 0.0646 e. The fraction of sp³-hybridized carbons (Fsp3) is 0.375. The third kappa shape index (κ3) is 2.73. The molecule has 0 aliphatic carbocycles. The summed E-state index contributed by atoms with van der Waals surface area (Å²) in [4.78, 5) is 2.87. The Morgan fingerprint density at radius 3 is 2.74 bits per heavy atom. The Labute approximate surface area is 123 Å². The van der Waals surface area contributed by atoms with Gasteiger partial charge in [-0.25, -0.2) is 0 Å². The van der Waals surface area contributed by atoms with Crippen molar-refractivity contribution in [3.8, 4) is 0 Å². The molecule has 1 aliphatic rings. The molecule has 1 aromatic carbocycles. The van der Waals surface area contributed by atoms with E-state index in [-0.39, 0.29) is 6.04 Å². The molecule has 2 heterocycles. The van der Waals surface area contributed by atoms with E-state index in [2.05, 4.69) is 37.3 Å². The average Bonchev–Trinajstić information content (AvgIpc) is 2.90. The Morgan fingerprint density at radius 1 is 1.26 bits per heavy atom. The van der Waals surface area contributed by atoms with E-state index in [4.69, 9.17) is 5.73 Å². The van der Waals surface area contributed by atoms with E-state index in [9.17, 15) is 0 Å². The standard InChI is InChI=1S/C16H19NS2/c1-2-11-3-5-12(6-4-11)16(17)15-9-13-10-18-8-7-14(13)19-15/h3-6,9,16H,2,7-8,10,17H2,1H3. The Hall–Kier alpha value is -0.770. The van der Waals surface area contributed by atoms with Gasteiger partial charge in [-0.3, -0.25) is 0 Å². The van der Waals surface area contributed by atoms with Gasteiger partial charge < -0.3 is 5.73 Å². The first kappa shape index (κ1) is 13.2. The number of hydrogen-bond donors (Lipinski definition) is 1. The lowest BCUT2D eigenvalue weighted by Crippen LogP contribution is -2.10. The summed E-state index contributed by atoms with van der Waals surface area (Å²) in [6, 6.07) is 11.1. The lowest BCUT2D eigenvalue weighted by molar-refractivity contribution is 0.890. The van der Waals surface area contributed by atoms with Crippen LogP contribution in [0.4, 0.5) is 0 Å². The number of hydrogen-bond acceptors (Lipinski definition) is 3. The highest BCUT2D eigenvalue weighted by molar-refractivity contribution is 7.98. The average molecular weight is 289 g/mol. The summed E-state index contributed by atoms with van der Waals surface area (Å²) in [7, 11) is 0. The van der Waals surface area contributed by atoms with E-state index in [0.29, 0.717) is 0 Å². The summed E-state index contributed by atoms with van der Waals surface area (Å²) in [5.41, 5.74) is 10.5. The molecule has 3 heteroatoms. The Balaban J connectivity index is 1.85. The molecule has 1 atom stereocenters. The quantitative estimate of drug-likeness (QED) is 0.918. The van der Waals surface area contributed by atoms with E-state index in [0.717, 1.165) is 12.2 Å². The van der Waals surface area contributed by atoms with Gasteiger partial charge in [0.25, 0.3) is 0 Å². The lowest BCUT2D eigenvalue weighted by Gasteiger charge is -2.10. The summed E-state index contributed by atoms with van der Waals surface area (Å²) in [6.45, 7) is 2.18. The summed E-state index contributed by atoms with van der Waals surface area (Å²) in [5.74, 6) is 2.42. The van der Waals surface area contributed by atoms with Crippen LogP contribution in [-0.2, 0) is 18.6 Å². The SMILES string of the molecule is CCc1ccc(C(N)c2cc3c(s2)CCSC3)cc1. The van der Waals surface area contributed by atoms with E-state index >= 15 is 0 Å². The second-order valence-electron chi connectivity index (χ2n) is 4.97.